The standard InChI is InChI=1S/C13H24ClN3/c1-5-6-7-11-16-10(12(14)17-11)8-15-9-13(2,3)4/h15H,5-9H2,1-4H3,(H,16,17). The summed E-state index contributed by atoms with van der Waals surface area (Å²) in [7, 11) is 0. The molecule has 0 saturated heterocycles. The Kier molecular flexibility index (Phi) is 5.47. The Balaban J connectivity index is 2.45. The summed E-state index contributed by atoms with van der Waals surface area (Å²) in [5, 5.41) is 4.00. The third-order valence-electron chi connectivity index (χ3n) is 2.50. The maximum atomic E-state index is 6.09. The van der Waals surface area contributed by atoms with Crippen LogP contribution in [0.2, 0.25) is 5.15 Å². The van der Waals surface area contributed by atoms with Crippen molar-refractivity contribution in [2.24, 2.45) is 5.41 Å². The van der Waals surface area contributed by atoms with Crippen molar-refractivity contribution < 1.29 is 0 Å². The molecule has 0 aliphatic heterocycles. The van der Waals surface area contributed by atoms with Gasteiger partial charge in [0.25, 0.3) is 0 Å². The third kappa shape index (κ3) is 5.55. The smallest absolute Gasteiger partial charge is 0.151 e. The van der Waals surface area contributed by atoms with Crippen molar-refractivity contribution in [2.75, 3.05) is 6.54 Å². The first kappa shape index (κ1) is 14.5. The molecule has 0 aliphatic carbocycles. The lowest BCUT2D eigenvalue weighted by Gasteiger charge is -2.18. The molecule has 0 aliphatic rings. The average Bonchev–Trinajstić information content (AvgIpc) is 2.55. The van der Waals surface area contributed by atoms with Crippen LogP contribution in [0.3, 0.4) is 0 Å². The number of H-pyrrole nitrogens is 1. The molecular formula is C13H24ClN3. The van der Waals surface area contributed by atoms with Crippen LogP contribution in [0.1, 0.15) is 52.1 Å². The van der Waals surface area contributed by atoms with E-state index in [0.717, 1.165) is 37.4 Å². The molecule has 4 heteroatoms. The van der Waals surface area contributed by atoms with E-state index in [1.807, 2.05) is 0 Å². The van der Waals surface area contributed by atoms with E-state index in [2.05, 4.69) is 43.0 Å². The molecule has 0 radical (unpaired) electrons. The Morgan fingerprint density at radius 1 is 1.35 bits per heavy atom. The Bertz CT molecular complexity index is 339. The first-order chi connectivity index (χ1) is 7.92. The fourth-order valence-corrected chi connectivity index (χ4v) is 1.80. The molecule has 1 heterocycles. The van der Waals surface area contributed by atoms with E-state index in [9.17, 15) is 0 Å². The number of aromatic amines is 1. The van der Waals surface area contributed by atoms with Gasteiger partial charge in [-0.3, -0.25) is 0 Å². The van der Waals surface area contributed by atoms with Crippen LogP contribution in [0.4, 0.5) is 0 Å². The predicted octanol–water partition coefficient (Wildman–Crippen LogP) is 3.54. The number of hydrogen-bond acceptors (Lipinski definition) is 2. The minimum Gasteiger partial charge on any atom is -0.344 e. The number of nitrogens with zero attached hydrogens (tertiary/aromatic N) is 1. The van der Waals surface area contributed by atoms with Crippen LogP contribution in [0.25, 0.3) is 0 Å². The van der Waals surface area contributed by atoms with E-state index in [1.54, 1.807) is 0 Å². The monoisotopic (exact) mass is 257 g/mol. The molecule has 2 N–H and O–H groups in total. The van der Waals surface area contributed by atoms with Gasteiger partial charge in [0.2, 0.25) is 0 Å². The van der Waals surface area contributed by atoms with E-state index in [0.29, 0.717) is 5.15 Å². The molecule has 1 aromatic rings. The van der Waals surface area contributed by atoms with E-state index in [4.69, 9.17) is 11.6 Å². The van der Waals surface area contributed by atoms with Crippen LogP contribution in [-0.4, -0.2) is 16.5 Å². The predicted molar refractivity (Wildman–Crippen MR) is 73.4 cm³/mol. The van der Waals surface area contributed by atoms with Crippen molar-refractivity contribution in [3.05, 3.63) is 16.7 Å². The van der Waals surface area contributed by atoms with Crippen molar-refractivity contribution >= 4 is 11.6 Å². The summed E-state index contributed by atoms with van der Waals surface area (Å²) in [6.07, 6.45) is 3.31. The van der Waals surface area contributed by atoms with Gasteiger partial charge in [0.05, 0.1) is 5.69 Å². The molecule has 0 amide bonds. The van der Waals surface area contributed by atoms with Gasteiger partial charge in [0.1, 0.15) is 5.82 Å². The maximum absolute atomic E-state index is 6.09. The summed E-state index contributed by atoms with van der Waals surface area (Å²) in [5.41, 5.74) is 1.29. The number of aromatic nitrogens is 2. The van der Waals surface area contributed by atoms with E-state index < -0.39 is 0 Å². The normalized spacial score (nSPS) is 12.1. The number of hydrogen-bond donors (Lipinski definition) is 2. The van der Waals surface area contributed by atoms with Crippen molar-refractivity contribution in [2.45, 2.75) is 53.5 Å². The van der Waals surface area contributed by atoms with Gasteiger partial charge >= 0.3 is 0 Å². The highest BCUT2D eigenvalue weighted by Crippen LogP contribution is 2.15. The minimum atomic E-state index is 0.289. The van der Waals surface area contributed by atoms with E-state index in [-0.39, 0.29) is 5.41 Å². The van der Waals surface area contributed by atoms with Crippen LogP contribution >= 0.6 is 11.6 Å². The van der Waals surface area contributed by atoms with Gasteiger partial charge in [0.15, 0.2) is 5.15 Å². The molecule has 1 aromatic heterocycles. The quantitative estimate of drug-likeness (QED) is 0.818. The molecule has 0 saturated carbocycles. The number of unbranched alkanes of at least 4 members (excludes halogenated alkanes) is 1. The van der Waals surface area contributed by atoms with Gasteiger partial charge < -0.3 is 10.3 Å². The molecule has 1 rings (SSSR count). The number of halogens is 1. The van der Waals surface area contributed by atoms with Crippen molar-refractivity contribution in [3.63, 3.8) is 0 Å². The van der Waals surface area contributed by atoms with E-state index in [1.165, 1.54) is 6.42 Å². The molecule has 98 valence electrons. The fraction of sp³-hybridized carbons (Fsp3) is 0.769. The highest BCUT2D eigenvalue weighted by Gasteiger charge is 2.11. The summed E-state index contributed by atoms with van der Waals surface area (Å²) < 4.78 is 0. The Hall–Kier alpha value is -0.540. The summed E-state index contributed by atoms with van der Waals surface area (Å²) in [4.78, 5) is 7.63. The zero-order chi connectivity index (χ0) is 12.9. The maximum Gasteiger partial charge on any atom is 0.151 e. The molecule has 0 aromatic carbocycles. The Morgan fingerprint density at radius 2 is 2.06 bits per heavy atom. The average molecular weight is 258 g/mol. The molecule has 17 heavy (non-hydrogen) atoms. The topological polar surface area (TPSA) is 40.7 Å². The molecule has 0 atom stereocenters. The molecule has 0 fully saturated rings. The largest absolute Gasteiger partial charge is 0.344 e. The van der Waals surface area contributed by atoms with Crippen LogP contribution in [0.5, 0.6) is 0 Å². The molecule has 3 nitrogen and oxygen atoms in total. The number of aryl methyl sites for hydroxylation is 1. The Morgan fingerprint density at radius 3 is 2.65 bits per heavy atom. The summed E-state index contributed by atoms with van der Waals surface area (Å²) >= 11 is 6.09. The zero-order valence-corrected chi connectivity index (χ0v) is 12.1. The van der Waals surface area contributed by atoms with Gasteiger partial charge in [0, 0.05) is 19.5 Å². The van der Waals surface area contributed by atoms with Crippen molar-refractivity contribution in [3.8, 4) is 0 Å². The molecular weight excluding hydrogens is 234 g/mol. The Labute approximate surface area is 109 Å². The summed E-state index contributed by atoms with van der Waals surface area (Å²) in [5.74, 6) is 1.00. The molecule has 0 spiro atoms. The fourth-order valence-electron chi connectivity index (χ4n) is 1.58. The second-order valence-corrected chi connectivity index (χ2v) is 6.08. The van der Waals surface area contributed by atoms with Crippen LogP contribution < -0.4 is 5.32 Å². The highest BCUT2D eigenvalue weighted by atomic mass is 35.5. The minimum absolute atomic E-state index is 0.289. The second kappa shape index (κ2) is 6.41. The highest BCUT2D eigenvalue weighted by molar-refractivity contribution is 6.30. The van der Waals surface area contributed by atoms with Crippen LogP contribution in [0, 0.1) is 5.41 Å². The first-order valence-corrected chi connectivity index (χ1v) is 6.74. The van der Waals surface area contributed by atoms with Gasteiger partial charge in [-0.25, -0.2) is 4.98 Å². The van der Waals surface area contributed by atoms with E-state index >= 15 is 0 Å². The third-order valence-corrected chi connectivity index (χ3v) is 2.81. The number of imidazole rings is 1. The molecule has 0 bridgehead atoms. The summed E-state index contributed by atoms with van der Waals surface area (Å²) in [6, 6.07) is 0. The number of nitrogens with one attached hydrogen (secondary N) is 2. The van der Waals surface area contributed by atoms with Crippen molar-refractivity contribution in [1.29, 1.82) is 0 Å². The van der Waals surface area contributed by atoms with Crippen molar-refractivity contribution in [1.82, 2.24) is 15.3 Å². The van der Waals surface area contributed by atoms with Gasteiger partial charge in [-0.05, 0) is 11.8 Å². The van der Waals surface area contributed by atoms with Gasteiger partial charge in [-0.2, -0.15) is 0 Å². The lowest BCUT2D eigenvalue weighted by atomic mass is 9.97. The first-order valence-electron chi connectivity index (χ1n) is 6.36. The van der Waals surface area contributed by atoms with Crippen LogP contribution in [0.15, 0.2) is 0 Å². The lowest BCUT2D eigenvalue weighted by Crippen LogP contribution is -2.26. The second-order valence-electron chi connectivity index (χ2n) is 5.72. The zero-order valence-electron chi connectivity index (χ0n) is 11.4. The summed E-state index contributed by atoms with van der Waals surface area (Å²) in [6.45, 7) is 10.5. The van der Waals surface area contributed by atoms with Gasteiger partial charge in [-0.1, -0.05) is 45.7 Å². The van der Waals surface area contributed by atoms with Crippen LogP contribution in [-0.2, 0) is 13.0 Å². The number of rotatable bonds is 6. The lowest BCUT2D eigenvalue weighted by molar-refractivity contribution is 0.378. The SMILES string of the molecule is CCCCc1nc(Cl)c(CNCC(C)(C)C)[nH]1. The molecule has 0 unspecified atom stereocenters. The van der Waals surface area contributed by atoms with Gasteiger partial charge in [-0.15, -0.1) is 0 Å².